The molecule has 1 aromatic heterocycles. The molecule has 5 nitrogen and oxygen atoms in total. The van der Waals surface area contributed by atoms with E-state index >= 15 is 0 Å². The Hall–Kier alpha value is -1.91. The Morgan fingerprint density at radius 3 is 2.64 bits per heavy atom. The average molecular weight is 304 g/mol. The van der Waals surface area contributed by atoms with Gasteiger partial charge in [-0.2, -0.15) is 0 Å². The van der Waals surface area contributed by atoms with Gasteiger partial charge in [-0.05, 0) is 52.7 Å². The molecule has 0 aromatic carbocycles. The molecule has 1 aromatic rings. The molecule has 0 radical (unpaired) electrons. The number of nitrogens with zero attached hydrogens (tertiary/aromatic N) is 2. The van der Waals surface area contributed by atoms with E-state index in [0.717, 1.165) is 18.5 Å². The maximum Gasteiger partial charge on any atom is 0.410 e. The lowest BCUT2D eigenvalue weighted by molar-refractivity contribution is 0.0172. The number of likely N-dealkylation sites (tertiary alicyclic amines) is 1. The Morgan fingerprint density at radius 1 is 1.32 bits per heavy atom. The van der Waals surface area contributed by atoms with Gasteiger partial charge in [0.05, 0.1) is 0 Å². The van der Waals surface area contributed by atoms with E-state index in [9.17, 15) is 9.59 Å². The number of pyridine rings is 1. The molecule has 0 N–H and O–H groups in total. The van der Waals surface area contributed by atoms with E-state index in [1.807, 2.05) is 33.8 Å². The fourth-order valence-electron chi connectivity index (χ4n) is 2.53. The molecule has 1 unspecified atom stereocenters. The van der Waals surface area contributed by atoms with E-state index in [2.05, 4.69) is 4.98 Å². The molecular formula is C17H24N2O3. The van der Waals surface area contributed by atoms with Crippen LogP contribution < -0.4 is 0 Å². The maximum absolute atomic E-state index is 12.5. The summed E-state index contributed by atoms with van der Waals surface area (Å²) in [4.78, 5) is 30.5. The smallest absolute Gasteiger partial charge is 0.410 e. The highest BCUT2D eigenvalue weighted by Crippen LogP contribution is 2.22. The molecule has 0 aliphatic carbocycles. The fourth-order valence-corrected chi connectivity index (χ4v) is 2.53. The summed E-state index contributed by atoms with van der Waals surface area (Å²) >= 11 is 0. The topological polar surface area (TPSA) is 59.5 Å². The van der Waals surface area contributed by atoms with E-state index in [0.29, 0.717) is 18.7 Å². The minimum Gasteiger partial charge on any atom is -0.444 e. The quantitative estimate of drug-likeness (QED) is 0.787. The van der Waals surface area contributed by atoms with Gasteiger partial charge >= 0.3 is 6.09 Å². The lowest BCUT2D eigenvalue weighted by Crippen LogP contribution is -2.44. The summed E-state index contributed by atoms with van der Waals surface area (Å²) in [6.45, 7) is 8.48. The van der Waals surface area contributed by atoms with Crippen molar-refractivity contribution in [3.63, 3.8) is 0 Å². The van der Waals surface area contributed by atoms with E-state index < -0.39 is 5.60 Å². The molecule has 120 valence electrons. The summed E-state index contributed by atoms with van der Waals surface area (Å²) in [6.07, 6.45) is 2.89. The monoisotopic (exact) mass is 304 g/mol. The zero-order valence-electron chi connectivity index (χ0n) is 13.8. The molecule has 0 spiro atoms. The van der Waals surface area contributed by atoms with Gasteiger partial charge in [0.1, 0.15) is 5.60 Å². The fraction of sp³-hybridized carbons (Fsp3) is 0.588. The molecule has 1 aliphatic rings. The summed E-state index contributed by atoms with van der Waals surface area (Å²) in [5, 5.41) is 0. The van der Waals surface area contributed by atoms with Gasteiger partial charge in [-0.15, -0.1) is 0 Å². The summed E-state index contributed by atoms with van der Waals surface area (Å²) in [7, 11) is 0. The number of ether oxygens (including phenoxy) is 1. The van der Waals surface area contributed by atoms with Gasteiger partial charge in [-0.3, -0.25) is 9.78 Å². The highest BCUT2D eigenvalue weighted by atomic mass is 16.6. The molecule has 1 amide bonds. The van der Waals surface area contributed by atoms with Crippen LogP contribution in [0.4, 0.5) is 4.79 Å². The number of Topliss-reactive ketones (excluding diaryl/α,β-unsaturated/α-hetero) is 1. The van der Waals surface area contributed by atoms with Crippen molar-refractivity contribution in [2.75, 3.05) is 13.1 Å². The Labute approximate surface area is 131 Å². The van der Waals surface area contributed by atoms with Crippen molar-refractivity contribution >= 4 is 11.9 Å². The van der Waals surface area contributed by atoms with Crippen LogP contribution in [0, 0.1) is 12.8 Å². The largest absolute Gasteiger partial charge is 0.444 e. The Balaban J connectivity index is 2.02. The molecule has 1 saturated heterocycles. The van der Waals surface area contributed by atoms with Crippen molar-refractivity contribution in [3.8, 4) is 0 Å². The second-order valence-electron chi connectivity index (χ2n) is 6.82. The van der Waals surface area contributed by atoms with Crippen LogP contribution in [0.3, 0.4) is 0 Å². The zero-order chi connectivity index (χ0) is 16.3. The Bertz CT molecular complexity index is 546. The molecule has 1 aliphatic heterocycles. The predicted molar refractivity (Wildman–Crippen MR) is 83.8 cm³/mol. The molecule has 5 heteroatoms. The van der Waals surface area contributed by atoms with Gasteiger partial charge in [0, 0.05) is 36.5 Å². The highest BCUT2D eigenvalue weighted by Gasteiger charge is 2.31. The number of carbonyl (C=O) groups is 2. The number of aryl methyl sites for hydroxylation is 1. The molecular weight excluding hydrogens is 280 g/mol. The first-order valence-electron chi connectivity index (χ1n) is 7.71. The van der Waals surface area contributed by atoms with Gasteiger partial charge in [0.25, 0.3) is 0 Å². The molecule has 22 heavy (non-hydrogen) atoms. The highest BCUT2D eigenvalue weighted by molar-refractivity contribution is 5.98. The van der Waals surface area contributed by atoms with Crippen molar-refractivity contribution in [2.45, 2.75) is 46.1 Å². The van der Waals surface area contributed by atoms with Gasteiger partial charge in [0.15, 0.2) is 5.78 Å². The van der Waals surface area contributed by atoms with Crippen molar-refractivity contribution < 1.29 is 14.3 Å². The molecule has 1 fully saturated rings. The van der Waals surface area contributed by atoms with Crippen LogP contribution in [-0.4, -0.2) is 40.5 Å². The molecule has 2 heterocycles. The van der Waals surface area contributed by atoms with Crippen LogP contribution in [0.5, 0.6) is 0 Å². The summed E-state index contributed by atoms with van der Waals surface area (Å²) < 4.78 is 5.39. The van der Waals surface area contributed by atoms with Crippen molar-refractivity contribution in [1.29, 1.82) is 0 Å². The Morgan fingerprint density at radius 2 is 2.05 bits per heavy atom. The molecule has 2 rings (SSSR count). The lowest BCUT2D eigenvalue weighted by atomic mass is 9.90. The van der Waals surface area contributed by atoms with Gasteiger partial charge in [-0.25, -0.2) is 4.79 Å². The van der Waals surface area contributed by atoms with E-state index in [4.69, 9.17) is 4.74 Å². The average Bonchev–Trinajstić information content (AvgIpc) is 2.46. The van der Waals surface area contributed by atoms with Gasteiger partial charge < -0.3 is 9.64 Å². The standard InChI is InChI=1S/C17H24N2O3/c1-12-7-8-13(10-18-12)15(20)14-6-5-9-19(11-14)16(21)22-17(2,3)4/h7-8,10,14H,5-6,9,11H2,1-4H3. The van der Waals surface area contributed by atoms with E-state index in [-0.39, 0.29) is 17.8 Å². The third-order valence-corrected chi connectivity index (χ3v) is 3.64. The second-order valence-corrected chi connectivity index (χ2v) is 6.82. The van der Waals surface area contributed by atoms with Crippen LogP contribution in [0.1, 0.15) is 49.7 Å². The third-order valence-electron chi connectivity index (χ3n) is 3.64. The van der Waals surface area contributed by atoms with Crippen LogP contribution in [0.25, 0.3) is 0 Å². The van der Waals surface area contributed by atoms with Crippen molar-refractivity contribution in [3.05, 3.63) is 29.6 Å². The number of amides is 1. The van der Waals surface area contributed by atoms with Gasteiger partial charge in [-0.1, -0.05) is 0 Å². The van der Waals surface area contributed by atoms with E-state index in [1.54, 1.807) is 17.2 Å². The number of hydrogen-bond acceptors (Lipinski definition) is 4. The van der Waals surface area contributed by atoms with Crippen LogP contribution in [0.15, 0.2) is 18.3 Å². The van der Waals surface area contributed by atoms with Crippen LogP contribution in [0.2, 0.25) is 0 Å². The first-order chi connectivity index (χ1) is 10.3. The summed E-state index contributed by atoms with van der Waals surface area (Å²) in [6, 6.07) is 3.64. The number of rotatable bonds is 2. The van der Waals surface area contributed by atoms with Crippen molar-refractivity contribution in [1.82, 2.24) is 9.88 Å². The van der Waals surface area contributed by atoms with Crippen LogP contribution in [-0.2, 0) is 4.74 Å². The number of hydrogen-bond donors (Lipinski definition) is 0. The summed E-state index contributed by atoms with van der Waals surface area (Å²) in [5.41, 5.74) is 0.978. The Kier molecular flexibility index (Phi) is 4.84. The molecule has 0 bridgehead atoms. The van der Waals surface area contributed by atoms with Crippen LogP contribution >= 0.6 is 0 Å². The maximum atomic E-state index is 12.5. The first-order valence-corrected chi connectivity index (χ1v) is 7.71. The normalized spacial score (nSPS) is 18.9. The number of aromatic nitrogens is 1. The van der Waals surface area contributed by atoms with Gasteiger partial charge in [0.2, 0.25) is 0 Å². The second kappa shape index (κ2) is 6.46. The number of ketones is 1. The lowest BCUT2D eigenvalue weighted by Gasteiger charge is -2.33. The minimum atomic E-state index is -0.519. The number of carbonyl (C=O) groups excluding carboxylic acids is 2. The zero-order valence-corrected chi connectivity index (χ0v) is 13.8. The minimum absolute atomic E-state index is 0.0563. The van der Waals surface area contributed by atoms with E-state index in [1.165, 1.54) is 0 Å². The molecule has 1 atom stereocenters. The SMILES string of the molecule is Cc1ccc(C(=O)C2CCCN(C(=O)OC(C)(C)C)C2)cn1. The third kappa shape index (κ3) is 4.29. The van der Waals surface area contributed by atoms with Crippen molar-refractivity contribution in [2.24, 2.45) is 5.92 Å². The summed E-state index contributed by atoms with van der Waals surface area (Å²) in [5.74, 6) is -0.119. The molecule has 0 saturated carbocycles. The predicted octanol–water partition coefficient (Wildman–Crippen LogP) is 3.22. The number of piperidine rings is 1. The first kappa shape index (κ1) is 16.5.